The summed E-state index contributed by atoms with van der Waals surface area (Å²) in [6.07, 6.45) is 10.9. The number of nitrogens with zero attached hydrogens (tertiary/aromatic N) is 3. The van der Waals surface area contributed by atoms with Gasteiger partial charge in [0.25, 0.3) is 0 Å². The number of benzene rings is 2. The summed E-state index contributed by atoms with van der Waals surface area (Å²) in [6, 6.07) is 11.6. The van der Waals surface area contributed by atoms with Gasteiger partial charge in [-0.15, -0.1) is 0 Å². The van der Waals surface area contributed by atoms with Crippen molar-refractivity contribution in [1.29, 1.82) is 0 Å². The summed E-state index contributed by atoms with van der Waals surface area (Å²) in [5, 5.41) is 7.17. The van der Waals surface area contributed by atoms with Crippen molar-refractivity contribution in [3.05, 3.63) is 72.5 Å². The predicted octanol–water partition coefficient (Wildman–Crippen LogP) is 5.32. The maximum absolute atomic E-state index is 6.21. The van der Waals surface area contributed by atoms with Gasteiger partial charge in [-0.05, 0) is 81.6 Å². The number of aromatic nitrogens is 1. The van der Waals surface area contributed by atoms with Gasteiger partial charge in [0, 0.05) is 40.4 Å². The van der Waals surface area contributed by atoms with Crippen LogP contribution in [-0.4, -0.2) is 42.8 Å². The maximum atomic E-state index is 6.21. The van der Waals surface area contributed by atoms with Crippen LogP contribution in [0.3, 0.4) is 0 Å². The van der Waals surface area contributed by atoms with Crippen LogP contribution in [0.5, 0.6) is 5.75 Å². The average Bonchev–Trinajstić information content (AvgIpc) is 3.45. The van der Waals surface area contributed by atoms with Gasteiger partial charge in [-0.3, -0.25) is 5.43 Å². The summed E-state index contributed by atoms with van der Waals surface area (Å²) in [6.45, 7) is 3.34. The van der Waals surface area contributed by atoms with E-state index in [1.807, 2.05) is 42.6 Å². The van der Waals surface area contributed by atoms with Crippen LogP contribution in [0.2, 0.25) is 5.02 Å². The zero-order valence-corrected chi connectivity index (χ0v) is 18.2. The van der Waals surface area contributed by atoms with Gasteiger partial charge in [0.15, 0.2) is 0 Å². The highest BCUT2D eigenvalue weighted by Crippen LogP contribution is 2.35. The zero-order valence-electron chi connectivity index (χ0n) is 17.4. The number of nitrogens with one attached hydrogen (secondary N) is 1. The van der Waals surface area contributed by atoms with Crippen LogP contribution in [-0.2, 0) is 0 Å². The molecule has 5 rings (SSSR count). The lowest BCUT2D eigenvalue weighted by Gasteiger charge is -2.21. The maximum Gasteiger partial charge on any atom is 0.119 e. The Kier molecular flexibility index (Phi) is 5.97. The molecule has 0 amide bonds. The molecule has 1 saturated carbocycles. The lowest BCUT2D eigenvalue weighted by atomic mass is 9.97. The minimum Gasteiger partial charge on any atom is -0.497 e. The molecule has 3 aromatic rings. The van der Waals surface area contributed by atoms with E-state index in [-0.39, 0.29) is 0 Å². The average molecular weight is 432 g/mol. The molecule has 5 radical (unpaired) electrons. The molecule has 0 atom stereocenters. The molecular weight excluding hydrogens is 408 g/mol. The van der Waals surface area contributed by atoms with Crippen LogP contribution in [0.4, 0.5) is 5.69 Å². The van der Waals surface area contributed by atoms with E-state index in [9.17, 15) is 0 Å². The number of rotatable bonds is 6. The highest BCUT2D eigenvalue weighted by atomic mass is 35.5. The van der Waals surface area contributed by atoms with E-state index in [0.29, 0.717) is 5.02 Å². The SMILES string of the molecule is COc1ccc2nc3cc(Cl)ccc3c(N/N=C/[C]3[CH][CH][CH][C]3CN3CCCC3)c2c1. The third-order valence-electron chi connectivity index (χ3n) is 5.86. The normalized spacial score (nSPS) is 18.6. The van der Waals surface area contributed by atoms with Crippen LogP contribution in [0.25, 0.3) is 21.8 Å². The molecule has 1 aromatic heterocycles. The van der Waals surface area contributed by atoms with E-state index in [1.54, 1.807) is 7.11 Å². The number of fused-ring (bicyclic) bond motifs is 2. The first-order valence-corrected chi connectivity index (χ1v) is 10.9. The molecule has 0 spiro atoms. The highest BCUT2D eigenvalue weighted by molar-refractivity contribution is 6.31. The summed E-state index contributed by atoms with van der Waals surface area (Å²) >= 11 is 6.21. The van der Waals surface area contributed by atoms with Crippen LogP contribution >= 0.6 is 11.6 Å². The molecule has 31 heavy (non-hydrogen) atoms. The summed E-state index contributed by atoms with van der Waals surface area (Å²) in [5.74, 6) is 3.23. The number of hydrogen-bond acceptors (Lipinski definition) is 5. The first-order chi connectivity index (χ1) is 15.2. The van der Waals surface area contributed by atoms with E-state index in [1.165, 1.54) is 31.8 Å². The smallest absolute Gasteiger partial charge is 0.119 e. The molecule has 0 unspecified atom stereocenters. The summed E-state index contributed by atoms with van der Waals surface area (Å²) in [5.41, 5.74) is 5.85. The molecule has 2 heterocycles. The number of halogens is 1. The Bertz CT molecular complexity index is 1110. The predicted molar refractivity (Wildman–Crippen MR) is 128 cm³/mol. The Morgan fingerprint density at radius 2 is 1.97 bits per heavy atom. The van der Waals surface area contributed by atoms with Gasteiger partial charge in [-0.25, -0.2) is 4.98 Å². The van der Waals surface area contributed by atoms with Crippen molar-refractivity contribution in [2.75, 3.05) is 32.2 Å². The van der Waals surface area contributed by atoms with Crippen LogP contribution in [0.15, 0.2) is 41.5 Å². The topological polar surface area (TPSA) is 49.8 Å². The van der Waals surface area contributed by atoms with E-state index in [2.05, 4.69) is 34.7 Å². The van der Waals surface area contributed by atoms with Crippen molar-refractivity contribution in [2.24, 2.45) is 5.10 Å². The Hall–Kier alpha value is -2.37. The molecule has 5 nitrogen and oxygen atoms in total. The number of pyridine rings is 1. The number of likely N-dealkylation sites (tertiary alicyclic amines) is 1. The van der Waals surface area contributed by atoms with Gasteiger partial charge >= 0.3 is 0 Å². The largest absolute Gasteiger partial charge is 0.497 e. The molecule has 1 saturated heterocycles. The van der Waals surface area contributed by atoms with Gasteiger partial charge in [0.1, 0.15) is 5.75 Å². The van der Waals surface area contributed by atoms with E-state index < -0.39 is 0 Å². The third-order valence-corrected chi connectivity index (χ3v) is 6.09. The monoisotopic (exact) mass is 431 g/mol. The van der Waals surface area contributed by atoms with E-state index >= 15 is 0 Å². The Morgan fingerprint density at radius 3 is 2.81 bits per heavy atom. The third kappa shape index (κ3) is 4.35. The quantitative estimate of drug-likeness (QED) is 0.326. The second kappa shape index (κ2) is 9.01. The Labute approximate surface area is 188 Å². The molecule has 6 heteroatoms. The number of hydrogen-bond donors (Lipinski definition) is 1. The summed E-state index contributed by atoms with van der Waals surface area (Å²) in [4.78, 5) is 7.27. The number of anilines is 1. The minimum atomic E-state index is 0.658. The zero-order chi connectivity index (χ0) is 21.2. The van der Waals surface area contributed by atoms with E-state index in [4.69, 9.17) is 21.3 Å². The molecule has 1 aliphatic heterocycles. The minimum absolute atomic E-state index is 0.658. The van der Waals surface area contributed by atoms with Gasteiger partial charge < -0.3 is 9.64 Å². The molecule has 1 aliphatic carbocycles. The molecule has 157 valence electrons. The standard InChI is InChI=1S/C25H24ClN4O/c1-31-20-8-10-23-22(14-20)25(21-9-7-19(26)13-24(21)28-23)29-27-15-17-5-4-6-18(17)16-30-11-2-3-12-30/h4-10,13-15H,2-3,11-12,16H2,1H3,(H,28,29)/b27-15+. The van der Waals surface area contributed by atoms with Crippen LogP contribution in [0, 0.1) is 31.1 Å². The number of methoxy groups -OCH3 is 1. The molecular formula is C25H24ClN4O. The fourth-order valence-electron chi connectivity index (χ4n) is 4.23. The Balaban J connectivity index is 1.44. The molecule has 2 aromatic carbocycles. The van der Waals surface area contributed by atoms with Gasteiger partial charge in [0.05, 0.1) is 23.8 Å². The molecule has 0 bridgehead atoms. The fourth-order valence-corrected chi connectivity index (χ4v) is 4.40. The highest BCUT2D eigenvalue weighted by Gasteiger charge is 2.30. The van der Waals surface area contributed by atoms with Crippen LogP contribution in [0.1, 0.15) is 12.8 Å². The lowest BCUT2D eigenvalue weighted by Crippen LogP contribution is -2.27. The molecule has 2 aliphatic rings. The summed E-state index contributed by atoms with van der Waals surface area (Å²) in [7, 11) is 1.66. The second-order valence-corrected chi connectivity index (χ2v) is 8.33. The Morgan fingerprint density at radius 1 is 1.10 bits per heavy atom. The van der Waals surface area contributed by atoms with Gasteiger partial charge in [0.2, 0.25) is 0 Å². The van der Waals surface area contributed by atoms with Crippen molar-refractivity contribution in [2.45, 2.75) is 12.8 Å². The fraction of sp³-hybridized carbons (Fsp3) is 0.240. The first kappa shape index (κ1) is 20.5. The van der Waals surface area contributed by atoms with Crippen molar-refractivity contribution >= 4 is 45.3 Å². The van der Waals surface area contributed by atoms with Crippen molar-refractivity contribution in [3.8, 4) is 5.75 Å². The van der Waals surface area contributed by atoms with Crippen LogP contribution < -0.4 is 10.2 Å². The van der Waals surface area contributed by atoms with Gasteiger partial charge in [-0.2, -0.15) is 5.10 Å². The van der Waals surface area contributed by atoms with Crippen molar-refractivity contribution in [1.82, 2.24) is 9.88 Å². The molecule has 1 N–H and O–H groups in total. The van der Waals surface area contributed by atoms with E-state index in [0.717, 1.165) is 45.7 Å². The van der Waals surface area contributed by atoms with Crippen molar-refractivity contribution < 1.29 is 4.74 Å². The van der Waals surface area contributed by atoms with Crippen molar-refractivity contribution in [3.63, 3.8) is 0 Å². The summed E-state index contributed by atoms with van der Waals surface area (Å²) < 4.78 is 5.43. The van der Waals surface area contributed by atoms with Gasteiger partial charge in [-0.1, -0.05) is 11.6 Å². The first-order valence-electron chi connectivity index (χ1n) is 10.5. The molecule has 2 fully saturated rings. The number of ether oxygens (including phenoxy) is 1. The number of hydrazone groups is 1. The lowest BCUT2D eigenvalue weighted by molar-refractivity contribution is 0.357. The second-order valence-electron chi connectivity index (χ2n) is 7.89.